The van der Waals surface area contributed by atoms with Crippen molar-refractivity contribution in [1.82, 2.24) is 19.7 Å². The van der Waals surface area contributed by atoms with Crippen molar-refractivity contribution >= 4 is 34.0 Å². The van der Waals surface area contributed by atoms with Crippen LogP contribution in [0.5, 0.6) is 5.75 Å². The topological polar surface area (TPSA) is 94.0 Å². The fourth-order valence-corrected chi connectivity index (χ4v) is 2.93. The van der Waals surface area contributed by atoms with Gasteiger partial charge < -0.3 is 15.4 Å². The highest BCUT2D eigenvalue weighted by molar-refractivity contribution is 5.95. The Morgan fingerprint density at radius 3 is 2.83 bits per heavy atom. The van der Waals surface area contributed by atoms with E-state index in [-0.39, 0.29) is 12.2 Å². The third-order valence-corrected chi connectivity index (χ3v) is 4.27. The maximum absolute atomic E-state index is 13.7. The molecule has 1 amide bonds. The molecule has 0 saturated carbocycles. The van der Waals surface area contributed by atoms with Crippen LogP contribution in [0.25, 0.3) is 10.9 Å². The Balaban J connectivity index is 1.49. The third-order valence-electron chi connectivity index (χ3n) is 4.27. The summed E-state index contributed by atoms with van der Waals surface area (Å²) in [6.45, 7) is -0.189. The van der Waals surface area contributed by atoms with Crippen LogP contribution in [-0.2, 0) is 11.3 Å². The highest BCUT2D eigenvalue weighted by atomic mass is 19.2. The minimum Gasteiger partial charge on any atom is -0.496 e. The molecule has 0 unspecified atom stereocenters. The number of halogens is 2. The first kappa shape index (κ1) is 19.2. The quantitative estimate of drug-likeness (QED) is 0.505. The number of aromatic nitrogens is 4. The third kappa shape index (κ3) is 3.88. The van der Waals surface area contributed by atoms with Crippen molar-refractivity contribution < 1.29 is 18.3 Å². The van der Waals surface area contributed by atoms with Gasteiger partial charge in [0.1, 0.15) is 24.4 Å². The number of hydrogen-bond donors (Lipinski definition) is 2. The van der Waals surface area contributed by atoms with E-state index in [0.29, 0.717) is 28.2 Å². The molecule has 2 aromatic carbocycles. The molecular weight excluding hydrogens is 394 g/mol. The SMILES string of the molecule is COc1cccc2ncnc(Nc3cnn(CC(=O)Nc4cccc(F)c4F)c3)c12. The van der Waals surface area contributed by atoms with Gasteiger partial charge in [-0.25, -0.2) is 18.7 Å². The van der Waals surface area contributed by atoms with Gasteiger partial charge in [-0.05, 0) is 24.3 Å². The number of anilines is 3. The van der Waals surface area contributed by atoms with Gasteiger partial charge in [-0.1, -0.05) is 12.1 Å². The second-order valence-corrected chi connectivity index (χ2v) is 6.28. The van der Waals surface area contributed by atoms with Crippen LogP contribution in [0.3, 0.4) is 0 Å². The Morgan fingerprint density at radius 2 is 2.00 bits per heavy atom. The molecule has 0 aliphatic heterocycles. The lowest BCUT2D eigenvalue weighted by Gasteiger charge is -2.09. The van der Waals surface area contributed by atoms with Crippen LogP contribution in [0.1, 0.15) is 0 Å². The van der Waals surface area contributed by atoms with Crippen LogP contribution in [-0.4, -0.2) is 32.8 Å². The van der Waals surface area contributed by atoms with Crippen LogP contribution >= 0.6 is 0 Å². The number of fused-ring (bicyclic) bond motifs is 1. The Kier molecular flexibility index (Phi) is 5.21. The smallest absolute Gasteiger partial charge is 0.246 e. The summed E-state index contributed by atoms with van der Waals surface area (Å²) in [6, 6.07) is 9.03. The predicted molar refractivity (Wildman–Crippen MR) is 107 cm³/mol. The van der Waals surface area contributed by atoms with Crippen LogP contribution in [0.15, 0.2) is 55.1 Å². The highest BCUT2D eigenvalue weighted by Gasteiger charge is 2.13. The van der Waals surface area contributed by atoms with Crippen molar-refractivity contribution in [1.29, 1.82) is 0 Å². The number of rotatable bonds is 6. The highest BCUT2D eigenvalue weighted by Crippen LogP contribution is 2.30. The lowest BCUT2D eigenvalue weighted by molar-refractivity contribution is -0.116. The zero-order chi connectivity index (χ0) is 21.1. The van der Waals surface area contributed by atoms with Crippen molar-refractivity contribution in [3.05, 3.63) is 66.8 Å². The van der Waals surface area contributed by atoms with Crippen LogP contribution in [0.2, 0.25) is 0 Å². The van der Waals surface area contributed by atoms with Crippen molar-refractivity contribution in [2.75, 3.05) is 17.7 Å². The molecule has 0 atom stereocenters. The summed E-state index contributed by atoms with van der Waals surface area (Å²) >= 11 is 0. The number of carbonyl (C=O) groups is 1. The fraction of sp³-hybridized carbons (Fsp3) is 0.100. The van der Waals surface area contributed by atoms with E-state index in [2.05, 4.69) is 25.7 Å². The number of benzene rings is 2. The summed E-state index contributed by atoms with van der Waals surface area (Å²) < 4.78 is 33.7. The number of nitrogens with zero attached hydrogens (tertiary/aromatic N) is 4. The molecule has 0 radical (unpaired) electrons. The predicted octanol–water partition coefficient (Wildman–Crippen LogP) is 3.50. The number of ether oxygens (including phenoxy) is 1. The van der Waals surface area contributed by atoms with Gasteiger partial charge in [0, 0.05) is 6.20 Å². The van der Waals surface area contributed by atoms with E-state index >= 15 is 0 Å². The van der Waals surface area contributed by atoms with Gasteiger partial charge in [-0.15, -0.1) is 0 Å². The zero-order valence-corrected chi connectivity index (χ0v) is 15.8. The molecule has 4 rings (SSSR count). The Morgan fingerprint density at radius 1 is 1.17 bits per heavy atom. The number of carbonyl (C=O) groups excluding carboxylic acids is 1. The van der Waals surface area contributed by atoms with Gasteiger partial charge in [0.25, 0.3) is 0 Å². The second kappa shape index (κ2) is 8.11. The second-order valence-electron chi connectivity index (χ2n) is 6.28. The number of amides is 1. The van der Waals surface area contributed by atoms with Crippen molar-refractivity contribution in [3.63, 3.8) is 0 Å². The number of nitrogens with one attached hydrogen (secondary N) is 2. The van der Waals surface area contributed by atoms with Crippen molar-refractivity contribution in [2.45, 2.75) is 6.54 Å². The summed E-state index contributed by atoms with van der Waals surface area (Å²) in [5.41, 5.74) is 1.05. The maximum atomic E-state index is 13.7. The van der Waals surface area contributed by atoms with Gasteiger partial charge >= 0.3 is 0 Å². The van der Waals surface area contributed by atoms with E-state index in [4.69, 9.17) is 4.74 Å². The Hall–Kier alpha value is -4.08. The molecule has 0 spiro atoms. The zero-order valence-electron chi connectivity index (χ0n) is 15.8. The molecule has 10 heteroatoms. The molecule has 2 aromatic heterocycles. The fourth-order valence-electron chi connectivity index (χ4n) is 2.93. The average molecular weight is 410 g/mol. The molecule has 0 aliphatic carbocycles. The number of hydrogen-bond acceptors (Lipinski definition) is 6. The van der Waals surface area contributed by atoms with Gasteiger partial charge in [-0.2, -0.15) is 5.10 Å². The molecule has 2 N–H and O–H groups in total. The minimum atomic E-state index is -1.11. The summed E-state index contributed by atoms with van der Waals surface area (Å²) in [7, 11) is 1.56. The van der Waals surface area contributed by atoms with Crippen LogP contribution < -0.4 is 15.4 Å². The molecule has 152 valence electrons. The molecule has 8 nitrogen and oxygen atoms in total. The van der Waals surface area contributed by atoms with Gasteiger partial charge in [-0.3, -0.25) is 9.48 Å². The summed E-state index contributed by atoms with van der Waals surface area (Å²) in [5.74, 6) is -1.57. The van der Waals surface area contributed by atoms with Crippen molar-refractivity contribution in [2.24, 2.45) is 0 Å². The number of methoxy groups -OCH3 is 1. The Labute approximate surface area is 169 Å². The summed E-state index contributed by atoms with van der Waals surface area (Å²) in [4.78, 5) is 20.6. The maximum Gasteiger partial charge on any atom is 0.246 e. The molecular formula is C20H16F2N6O2. The van der Waals surface area contributed by atoms with Crippen molar-refractivity contribution in [3.8, 4) is 5.75 Å². The largest absolute Gasteiger partial charge is 0.496 e. The Bertz CT molecular complexity index is 1220. The standard InChI is InChI=1S/C20H16F2N6O2/c1-30-16-7-3-5-14-18(16)20(24-11-23-14)26-12-8-25-28(9-12)10-17(29)27-15-6-2-4-13(21)19(15)22/h2-9,11H,10H2,1H3,(H,27,29)(H,23,24,26). The monoisotopic (exact) mass is 410 g/mol. The lowest BCUT2D eigenvalue weighted by atomic mass is 10.2. The first-order valence-electron chi connectivity index (χ1n) is 8.86. The van der Waals surface area contributed by atoms with Gasteiger partial charge in [0.15, 0.2) is 11.6 Å². The van der Waals surface area contributed by atoms with Gasteiger partial charge in [0.2, 0.25) is 5.91 Å². The molecule has 4 aromatic rings. The van der Waals surface area contributed by atoms with E-state index in [0.717, 1.165) is 6.07 Å². The van der Waals surface area contributed by atoms with E-state index in [9.17, 15) is 13.6 Å². The molecule has 30 heavy (non-hydrogen) atoms. The molecule has 0 bridgehead atoms. The normalized spacial score (nSPS) is 10.8. The van der Waals surface area contributed by atoms with E-state index < -0.39 is 17.5 Å². The van der Waals surface area contributed by atoms with E-state index in [1.807, 2.05) is 12.1 Å². The summed E-state index contributed by atoms with van der Waals surface area (Å²) in [6.07, 6.45) is 4.53. The average Bonchev–Trinajstić information content (AvgIpc) is 3.17. The molecule has 0 fully saturated rings. The van der Waals surface area contributed by atoms with Crippen LogP contribution in [0, 0.1) is 11.6 Å². The molecule has 0 aliphatic rings. The first-order chi connectivity index (χ1) is 14.5. The minimum absolute atomic E-state index is 0.189. The first-order valence-corrected chi connectivity index (χ1v) is 8.86. The molecule has 2 heterocycles. The lowest BCUT2D eigenvalue weighted by Crippen LogP contribution is -2.19. The van der Waals surface area contributed by atoms with E-state index in [1.165, 1.54) is 29.3 Å². The van der Waals surface area contributed by atoms with E-state index in [1.54, 1.807) is 19.4 Å². The van der Waals surface area contributed by atoms with Gasteiger partial charge in [0.05, 0.1) is 35.6 Å². The van der Waals surface area contributed by atoms with Crippen LogP contribution in [0.4, 0.5) is 26.0 Å². The molecule has 0 saturated heterocycles. The summed E-state index contributed by atoms with van der Waals surface area (Å²) in [5, 5.41) is 10.3.